The van der Waals surface area contributed by atoms with Crippen LogP contribution in [-0.2, 0) is 11.3 Å². The summed E-state index contributed by atoms with van der Waals surface area (Å²) in [6.45, 7) is 2.62. The van der Waals surface area contributed by atoms with Crippen molar-refractivity contribution in [1.29, 1.82) is 0 Å². The first kappa shape index (κ1) is 15.4. The monoisotopic (exact) mass is 292 g/mol. The number of primary amides is 1. The van der Waals surface area contributed by atoms with Crippen molar-refractivity contribution in [2.75, 3.05) is 19.6 Å². The summed E-state index contributed by atoms with van der Waals surface area (Å²) in [5.41, 5.74) is 6.20. The van der Waals surface area contributed by atoms with Crippen molar-refractivity contribution in [1.82, 2.24) is 10.2 Å². The lowest BCUT2D eigenvalue weighted by atomic mass is 10.0. The Hall–Kier alpha value is -1.99. The molecule has 0 saturated carbocycles. The zero-order chi connectivity index (χ0) is 15.2. The molecule has 1 aromatic rings. The van der Waals surface area contributed by atoms with Crippen LogP contribution in [-0.4, -0.2) is 41.4 Å². The largest absolute Gasteiger partial charge is 0.369 e. The topological polar surface area (TPSA) is 102 Å². The van der Waals surface area contributed by atoms with Gasteiger partial charge in [-0.15, -0.1) is 0 Å². The van der Waals surface area contributed by atoms with E-state index < -0.39 is 0 Å². The van der Waals surface area contributed by atoms with E-state index in [1.165, 1.54) is 6.07 Å². The number of likely N-dealkylation sites (tertiary alicyclic amines) is 1. The second-order valence-corrected chi connectivity index (χ2v) is 5.32. The lowest BCUT2D eigenvalue weighted by molar-refractivity contribution is -0.384. The zero-order valence-corrected chi connectivity index (χ0v) is 11.8. The second-order valence-electron chi connectivity index (χ2n) is 5.32. The van der Waals surface area contributed by atoms with Crippen LogP contribution in [0.25, 0.3) is 0 Å². The zero-order valence-electron chi connectivity index (χ0n) is 11.8. The minimum atomic E-state index is -0.383. The van der Waals surface area contributed by atoms with Gasteiger partial charge < -0.3 is 11.1 Å². The maximum Gasteiger partial charge on any atom is 0.269 e. The first-order valence-electron chi connectivity index (χ1n) is 7.02. The van der Waals surface area contributed by atoms with Crippen LogP contribution >= 0.6 is 0 Å². The number of rotatable bonds is 6. The van der Waals surface area contributed by atoms with Gasteiger partial charge in [-0.25, -0.2) is 0 Å². The molecule has 7 heteroatoms. The van der Waals surface area contributed by atoms with Crippen LogP contribution in [0.3, 0.4) is 0 Å². The van der Waals surface area contributed by atoms with Crippen molar-refractivity contribution >= 4 is 11.6 Å². The standard InChI is InChI=1S/C14H20N4O3/c15-14(19)10-17-6-4-12(5-7-17)16-9-11-2-1-3-13(8-11)18(20)21/h1-3,8,12,16H,4-7,9-10H2,(H2,15,19). The molecule has 1 aliphatic rings. The molecular weight excluding hydrogens is 272 g/mol. The molecule has 7 nitrogen and oxygen atoms in total. The molecule has 0 radical (unpaired) electrons. The molecule has 21 heavy (non-hydrogen) atoms. The second kappa shape index (κ2) is 7.14. The first-order chi connectivity index (χ1) is 10.0. The Kier molecular flexibility index (Phi) is 5.24. The highest BCUT2D eigenvalue weighted by molar-refractivity contribution is 5.75. The lowest BCUT2D eigenvalue weighted by Gasteiger charge is -2.31. The number of hydrogen-bond acceptors (Lipinski definition) is 5. The summed E-state index contributed by atoms with van der Waals surface area (Å²) in [6, 6.07) is 7.03. The number of nitro benzene ring substituents is 1. The number of nitrogens with zero attached hydrogens (tertiary/aromatic N) is 2. The van der Waals surface area contributed by atoms with E-state index in [0.29, 0.717) is 19.1 Å². The van der Waals surface area contributed by atoms with E-state index >= 15 is 0 Å². The van der Waals surface area contributed by atoms with Gasteiger partial charge in [-0.05, 0) is 18.4 Å². The molecule has 0 spiro atoms. The van der Waals surface area contributed by atoms with Gasteiger partial charge in [0.25, 0.3) is 5.69 Å². The SMILES string of the molecule is NC(=O)CN1CCC(NCc2cccc([N+](=O)[O-])c2)CC1. The van der Waals surface area contributed by atoms with Crippen molar-refractivity contribution in [2.45, 2.75) is 25.4 Å². The average molecular weight is 292 g/mol. The van der Waals surface area contributed by atoms with Crippen LogP contribution < -0.4 is 11.1 Å². The van der Waals surface area contributed by atoms with Crippen molar-refractivity contribution < 1.29 is 9.72 Å². The van der Waals surface area contributed by atoms with Gasteiger partial charge in [-0.3, -0.25) is 19.8 Å². The van der Waals surface area contributed by atoms with Crippen LogP contribution in [0.2, 0.25) is 0 Å². The van der Waals surface area contributed by atoms with Gasteiger partial charge in [0, 0.05) is 37.8 Å². The van der Waals surface area contributed by atoms with Gasteiger partial charge in [0.05, 0.1) is 11.5 Å². The molecule has 1 heterocycles. The molecule has 1 aromatic carbocycles. The first-order valence-corrected chi connectivity index (χ1v) is 7.02. The van der Waals surface area contributed by atoms with E-state index in [1.807, 2.05) is 11.0 Å². The summed E-state index contributed by atoms with van der Waals surface area (Å²) in [6.07, 6.45) is 1.89. The maximum absolute atomic E-state index is 10.9. The van der Waals surface area contributed by atoms with Crippen molar-refractivity contribution in [3.8, 4) is 0 Å². The summed E-state index contributed by atoms with van der Waals surface area (Å²) in [4.78, 5) is 23.2. The van der Waals surface area contributed by atoms with Crippen LogP contribution in [0.4, 0.5) is 5.69 Å². The van der Waals surface area contributed by atoms with Crippen LogP contribution in [0.1, 0.15) is 18.4 Å². The quantitative estimate of drug-likeness (QED) is 0.591. The molecular formula is C14H20N4O3. The molecule has 114 valence electrons. The molecule has 1 amide bonds. The molecule has 1 fully saturated rings. The molecule has 0 aliphatic carbocycles. The summed E-state index contributed by atoms with van der Waals surface area (Å²) in [5, 5.41) is 14.1. The molecule has 3 N–H and O–H groups in total. The number of hydrogen-bond donors (Lipinski definition) is 2. The van der Waals surface area contributed by atoms with Crippen LogP contribution in [0.5, 0.6) is 0 Å². The van der Waals surface area contributed by atoms with Crippen LogP contribution in [0, 0.1) is 10.1 Å². The number of carbonyl (C=O) groups is 1. The number of nitro groups is 1. The number of non-ortho nitro benzene ring substituents is 1. The Morgan fingerprint density at radius 1 is 1.43 bits per heavy atom. The van der Waals surface area contributed by atoms with E-state index in [2.05, 4.69) is 5.32 Å². The highest BCUT2D eigenvalue weighted by Crippen LogP contribution is 2.14. The number of piperidine rings is 1. The maximum atomic E-state index is 10.9. The van der Waals surface area contributed by atoms with E-state index in [4.69, 9.17) is 5.73 Å². The number of carbonyl (C=O) groups excluding carboxylic acids is 1. The lowest BCUT2D eigenvalue weighted by Crippen LogP contribution is -2.45. The number of nitrogens with one attached hydrogen (secondary N) is 1. The van der Waals surface area contributed by atoms with Crippen molar-refractivity contribution in [3.63, 3.8) is 0 Å². The fourth-order valence-electron chi connectivity index (χ4n) is 2.56. The Bertz CT molecular complexity index is 513. The van der Waals surface area contributed by atoms with Gasteiger partial charge in [0.15, 0.2) is 0 Å². The van der Waals surface area contributed by atoms with Gasteiger partial charge in [-0.1, -0.05) is 12.1 Å². The van der Waals surface area contributed by atoms with Gasteiger partial charge in [0.2, 0.25) is 5.91 Å². The predicted molar refractivity (Wildman–Crippen MR) is 78.6 cm³/mol. The summed E-state index contributed by atoms with van der Waals surface area (Å²) >= 11 is 0. The normalized spacial score (nSPS) is 16.8. The number of benzene rings is 1. The molecule has 1 saturated heterocycles. The Balaban J connectivity index is 1.78. The van der Waals surface area contributed by atoms with E-state index in [0.717, 1.165) is 31.5 Å². The molecule has 0 bridgehead atoms. The van der Waals surface area contributed by atoms with Crippen LogP contribution in [0.15, 0.2) is 24.3 Å². The fraction of sp³-hybridized carbons (Fsp3) is 0.500. The molecule has 2 rings (SSSR count). The van der Waals surface area contributed by atoms with Gasteiger partial charge >= 0.3 is 0 Å². The van der Waals surface area contributed by atoms with E-state index in [-0.39, 0.29) is 16.5 Å². The highest BCUT2D eigenvalue weighted by Gasteiger charge is 2.19. The number of amides is 1. The Morgan fingerprint density at radius 2 is 2.14 bits per heavy atom. The third kappa shape index (κ3) is 4.80. The van der Waals surface area contributed by atoms with Gasteiger partial charge in [-0.2, -0.15) is 0 Å². The number of nitrogens with two attached hydrogens (primary N) is 1. The molecule has 0 atom stereocenters. The Labute approximate surface area is 123 Å². The smallest absolute Gasteiger partial charge is 0.269 e. The summed E-state index contributed by atoms with van der Waals surface area (Å²) in [7, 11) is 0. The fourth-order valence-corrected chi connectivity index (χ4v) is 2.56. The average Bonchev–Trinajstić information content (AvgIpc) is 2.46. The van der Waals surface area contributed by atoms with Crippen molar-refractivity contribution in [3.05, 3.63) is 39.9 Å². The van der Waals surface area contributed by atoms with Gasteiger partial charge in [0.1, 0.15) is 0 Å². The van der Waals surface area contributed by atoms with E-state index in [1.54, 1.807) is 12.1 Å². The summed E-state index contributed by atoms with van der Waals surface area (Å²) in [5.74, 6) is -0.294. The third-order valence-electron chi connectivity index (χ3n) is 3.68. The molecule has 0 unspecified atom stereocenters. The highest BCUT2D eigenvalue weighted by atomic mass is 16.6. The minimum absolute atomic E-state index is 0.116. The predicted octanol–water partition coefficient (Wildman–Crippen LogP) is 0.634. The molecule has 0 aromatic heterocycles. The third-order valence-corrected chi connectivity index (χ3v) is 3.68. The molecule has 1 aliphatic heterocycles. The van der Waals surface area contributed by atoms with E-state index in [9.17, 15) is 14.9 Å². The Morgan fingerprint density at radius 3 is 2.76 bits per heavy atom. The van der Waals surface area contributed by atoms with Crippen molar-refractivity contribution in [2.24, 2.45) is 5.73 Å². The minimum Gasteiger partial charge on any atom is -0.369 e. The summed E-state index contributed by atoms with van der Waals surface area (Å²) < 4.78 is 0.